The van der Waals surface area contributed by atoms with Gasteiger partial charge in [0.25, 0.3) is 0 Å². The molecule has 0 spiro atoms. The van der Waals surface area contributed by atoms with Gasteiger partial charge in [-0.05, 0) is 50.9 Å². The van der Waals surface area contributed by atoms with Gasteiger partial charge in [-0.3, -0.25) is 9.69 Å². The number of carbonyl (C=O) groups is 1. The molecule has 3 fully saturated rings. The second-order valence-corrected chi connectivity index (χ2v) is 9.37. The van der Waals surface area contributed by atoms with Crippen LogP contribution in [0.1, 0.15) is 48.5 Å². The van der Waals surface area contributed by atoms with E-state index in [2.05, 4.69) is 14.7 Å². The third-order valence-corrected chi connectivity index (χ3v) is 7.17. The number of piperidine rings is 1. The number of likely N-dealkylation sites (tertiary alicyclic amines) is 1. The van der Waals surface area contributed by atoms with E-state index >= 15 is 4.39 Å². The number of rotatable bonds is 6. The van der Waals surface area contributed by atoms with Crippen molar-refractivity contribution in [3.8, 4) is 0 Å². The van der Waals surface area contributed by atoms with Crippen molar-refractivity contribution in [3.63, 3.8) is 0 Å². The molecule has 8 heteroatoms. The summed E-state index contributed by atoms with van der Waals surface area (Å²) in [5, 5.41) is 9.56. The fourth-order valence-corrected chi connectivity index (χ4v) is 5.09. The third kappa shape index (κ3) is 4.26. The maximum absolute atomic E-state index is 15.1. The van der Waals surface area contributed by atoms with Crippen LogP contribution in [0, 0.1) is 5.82 Å². The average Bonchev–Trinajstić information content (AvgIpc) is 3.64. The van der Waals surface area contributed by atoms with Crippen LogP contribution < -0.4 is 10.3 Å². The largest absolute Gasteiger partial charge is 0.477 e. The number of piperazine rings is 1. The van der Waals surface area contributed by atoms with Crippen LogP contribution in [-0.4, -0.2) is 77.8 Å². The number of nitrogens with zero attached hydrogens (tertiary/aromatic N) is 4. The zero-order chi connectivity index (χ0) is 22.2. The normalized spacial score (nSPS) is 20.7. The van der Waals surface area contributed by atoms with Crippen LogP contribution in [0.4, 0.5) is 10.1 Å². The van der Waals surface area contributed by atoms with E-state index in [9.17, 15) is 14.7 Å². The number of benzene rings is 1. The molecule has 2 aromatic rings. The van der Waals surface area contributed by atoms with Crippen molar-refractivity contribution in [3.05, 3.63) is 39.9 Å². The van der Waals surface area contributed by atoms with E-state index in [0.717, 1.165) is 52.1 Å². The van der Waals surface area contributed by atoms with Gasteiger partial charge in [0.2, 0.25) is 5.43 Å². The zero-order valence-corrected chi connectivity index (χ0v) is 18.4. The minimum absolute atomic E-state index is 0.151. The highest BCUT2D eigenvalue weighted by molar-refractivity contribution is 5.93. The molecule has 7 nitrogen and oxygen atoms in total. The van der Waals surface area contributed by atoms with E-state index in [0.29, 0.717) is 11.2 Å². The van der Waals surface area contributed by atoms with Crippen molar-refractivity contribution >= 4 is 22.6 Å². The second-order valence-electron chi connectivity index (χ2n) is 9.37. The fourth-order valence-electron chi connectivity index (χ4n) is 5.09. The standard InChI is InChI=1S/C24H31FN4O3/c25-20-14-18-21(29(17-4-5-17)16-19(23(18)30)24(31)32)15-22(20)28-12-10-27(11-13-28)9-8-26-6-2-1-3-7-26/h14-17H,1-13H2,(H,31,32). The minimum atomic E-state index is -1.27. The third-order valence-electron chi connectivity index (χ3n) is 7.17. The SMILES string of the molecule is O=C(O)c1cn(C2CC2)c2cc(N3CCN(CCN4CCCCC4)CC3)c(F)cc2c1=O. The molecule has 0 amide bonds. The first kappa shape index (κ1) is 21.4. The van der Waals surface area contributed by atoms with Crippen LogP contribution in [0.15, 0.2) is 23.1 Å². The Bertz CT molecular complexity index is 1070. The van der Waals surface area contributed by atoms with Gasteiger partial charge in [0.15, 0.2) is 0 Å². The van der Waals surface area contributed by atoms with Crippen molar-refractivity contribution in [1.29, 1.82) is 0 Å². The van der Waals surface area contributed by atoms with Gasteiger partial charge in [0.05, 0.1) is 11.2 Å². The number of pyridine rings is 1. The number of aromatic nitrogens is 1. The van der Waals surface area contributed by atoms with E-state index in [1.165, 1.54) is 44.6 Å². The molecule has 1 saturated carbocycles. The predicted octanol–water partition coefficient (Wildman–Crippen LogP) is 2.78. The summed E-state index contributed by atoms with van der Waals surface area (Å²) in [5.74, 6) is -1.72. The number of carboxylic acids is 1. The maximum Gasteiger partial charge on any atom is 0.341 e. The molecule has 0 unspecified atom stereocenters. The zero-order valence-electron chi connectivity index (χ0n) is 18.4. The Balaban J connectivity index is 1.34. The summed E-state index contributed by atoms with van der Waals surface area (Å²) in [4.78, 5) is 31.2. The number of anilines is 1. The van der Waals surface area contributed by atoms with Crippen LogP contribution in [-0.2, 0) is 0 Å². The van der Waals surface area contributed by atoms with E-state index in [-0.39, 0.29) is 17.0 Å². The van der Waals surface area contributed by atoms with Crippen molar-refractivity contribution < 1.29 is 14.3 Å². The Hall–Kier alpha value is -2.45. The van der Waals surface area contributed by atoms with Gasteiger partial charge in [-0.25, -0.2) is 9.18 Å². The van der Waals surface area contributed by atoms with Crippen molar-refractivity contribution in [1.82, 2.24) is 14.4 Å². The molecular formula is C24H31FN4O3. The molecule has 0 atom stereocenters. The molecule has 1 aromatic carbocycles. The Morgan fingerprint density at radius 1 is 0.969 bits per heavy atom. The molecule has 5 rings (SSSR count). The Morgan fingerprint density at radius 3 is 2.25 bits per heavy atom. The number of fused-ring (bicyclic) bond motifs is 1. The van der Waals surface area contributed by atoms with Crippen LogP contribution in [0.5, 0.6) is 0 Å². The summed E-state index contributed by atoms with van der Waals surface area (Å²) in [6, 6.07) is 3.17. The molecule has 1 N–H and O–H groups in total. The Kier molecular flexibility index (Phi) is 5.90. The highest BCUT2D eigenvalue weighted by atomic mass is 19.1. The molecule has 1 aromatic heterocycles. The van der Waals surface area contributed by atoms with Crippen LogP contribution in [0.25, 0.3) is 10.9 Å². The average molecular weight is 443 g/mol. The Labute approximate surface area is 187 Å². The lowest BCUT2D eigenvalue weighted by Crippen LogP contribution is -2.49. The van der Waals surface area contributed by atoms with Gasteiger partial charge in [-0.2, -0.15) is 0 Å². The quantitative estimate of drug-likeness (QED) is 0.742. The van der Waals surface area contributed by atoms with E-state index < -0.39 is 17.2 Å². The summed E-state index contributed by atoms with van der Waals surface area (Å²) in [7, 11) is 0. The molecule has 0 bridgehead atoms. The van der Waals surface area contributed by atoms with Crippen molar-refractivity contribution in [2.24, 2.45) is 0 Å². The van der Waals surface area contributed by atoms with Gasteiger partial charge < -0.3 is 19.5 Å². The molecule has 2 aliphatic heterocycles. The van der Waals surface area contributed by atoms with Crippen molar-refractivity contribution in [2.75, 3.05) is 57.3 Å². The summed E-state index contributed by atoms with van der Waals surface area (Å²) in [5.41, 5.74) is 0.229. The summed E-state index contributed by atoms with van der Waals surface area (Å²) < 4.78 is 17.0. The van der Waals surface area contributed by atoms with Gasteiger partial charge >= 0.3 is 5.97 Å². The lowest BCUT2D eigenvalue weighted by atomic mass is 10.1. The lowest BCUT2D eigenvalue weighted by Gasteiger charge is -2.37. The number of halogens is 1. The summed E-state index contributed by atoms with van der Waals surface area (Å²) in [6.45, 7) is 7.81. The van der Waals surface area contributed by atoms with Crippen LogP contribution in [0.2, 0.25) is 0 Å². The molecule has 3 heterocycles. The molecule has 1 aliphatic carbocycles. The summed E-state index contributed by atoms with van der Waals surface area (Å²) >= 11 is 0. The fraction of sp³-hybridized carbons (Fsp3) is 0.583. The smallest absolute Gasteiger partial charge is 0.341 e. The number of hydrogen-bond donors (Lipinski definition) is 1. The minimum Gasteiger partial charge on any atom is -0.477 e. The number of carboxylic acid groups (broad SMARTS) is 1. The maximum atomic E-state index is 15.1. The topological polar surface area (TPSA) is 69.0 Å². The van der Waals surface area contributed by atoms with Gasteiger partial charge in [0, 0.05) is 56.9 Å². The van der Waals surface area contributed by atoms with Crippen LogP contribution >= 0.6 is 0 Å². The monoisotopic (exact) mass is 442 g/mol. The van der Waals surface area contributed by atoms with Gasteiger partial charge in [-0.1, -0.05) is 6.42 Å². The van der Waals surface area contributed by atoms with Gasteiger partial charge in [0.1, 0.15) is 11.4 Å². The van der Waals surface area contributed by atoms with E-state index in [1.807, 2.05) is 4.57 Å². The van der Waals surface area contributed by atoms with E-state index in [1.54, 1.807) is 6.07 Å². The van der Waals surface area contributed by atoms with Crippen LogP contribution in [0.3, 0.4) is 0 Å². The molecule has 2 saturated heterocycles. The highest BCUT2D eigenvalue weighted by Gasteiger charge is 2.28. The second kappa shape index (κ2) is 8.83. The molecule has 3 aliphatic rings. The first-order valence-corrected chi connectivity index (χ1v) is 11.8. The van der Waals surface area contributed by atoms with E-state index in [4.69, 9.17) is 0 Å². The van der Waals surface area contributed by atoms with Crippen molar-refractivity contribution in [2.45, 2.75) is 38.1 Å². The molecule has 172 valence electrons. The predicted molar refractivity (Wildman–Crippen MR) is 122 cm³/mol. The molecule has 0 radical (unpaired) electrons. The molecule has 32 heavy (non-hydrogen) atoms. The Morgan fingerprint density at radius 2 is 1.62 bits per heavy atom. The highest BCUT2D eigenvalue weighted by Crippen LogP contribution is 2.38. The first-order valence-electron chi connectivity index (χ1n) is 11.8. The number of aromatic carboxylic acids is 1. The first-order chi connectivity index (χ1) is 15.5. The molecular weight excluding hydrogens is 411 g/mol. The number of hydrogen-bond acceptors (Lipinski definition) is 5. The van der Waals surface area contributed by atoms with Gasteiger partial charge in [-0.15, -0.1) is 0 Å². The lowest BCUT2D eigenvalue weighted by molar-refractivity contribution is 0.0695. The summed E-state index contributed by atoms with van der Waals surface area (Å²) in [6.07, 6.45) is 7.27.